The Kier molecular flexibility index (Phi) is 8.23. The molecule has 2 aromatic rings. The van der Waals surface area contributed by atoms with E-state index in [1.807, 2.05) is 6.08 Å². The highest BCUT2D eigenvalue weighted by Crippen LogP contribution is 2.37. The lowest BCUT2D eigenvalue weighted by atomic mass is 10.1. The van der Waals surface area contributed by atoms with Crippen LogP contribution in [0.2, 0.25) is 5.04 Å². The van der Waals surface area contributed by atoms with Crippen molar-refractivity contribution in [2.45, 2.75) is 70.6 Å². The van der Waals surface area contributed by atoms with Crippen LogP contribution in [0.1, 0.15) is 53.4 Å². The van der Waals surface area contributed by atoms with Crippen molar-refractivity contribution in [2.75, 3.05) is 0 Å². The minimum atomic E-state index is -2.54. The van der Waals surface area contributed by atoms with E-state index in [-0.39, 0.29) is 17.2 Å². The average molecular weight is 397 g/mol. The summed E-state index contributed by atoms with van der Waals surface area (Å²) in [7, 11) is -2.54. The summed E-state index contributed by atoms with van der Waals surface area (Å²) in [5.74, 6) is 0. The first-order valence-electron chi connectivity index (χ1n) is 10.4. The fraction of sp³-hybridized carbons (Fsp3) is 0.440. The van der Waals surface area contributed by atoms with Crippen molar-refractivity contribution in [3.8, 4) is 0 Å². The van der Waals surface area contributed by atoms with Gasteiger partial charge in [0, 0.05) is 6.10 Å². The number of aliphatic hydroxyl groups is 1. The number of hydrogen-bond acceptors (Lipinski definition) is 2. The van der Waals surface area contributed by atoms with Crippen LogP contribution in [0.5, 0.6) is 0 Å². The molecule has 0 bridgehead atoms. The first-order chi connectivity index (χ1) is 13.3. The van der Waals surface area contributed by atoms with Crippen LogP contribution in [0, 0.1) is 0 Å². The molecule has 3 heteroatoms. The molecular weight excluding hydrogens is 360 g/mol. The Labute approximate surface area is 172 Å². The summed E-state index contributed by atoms with van der Waals surface area (Å²) in [4.78, 5) is 0. The van der Waals surface area contributed by atoms with E-state index in [4.69, 9.17) is 4.43 Å². The molecular formula is C25H36O2Si. The summed E-state index contributed by atoms with van der Waals surface area (Å²) in [6, 6.07) is 21.3. The van der Waals surface area contributed by atoms with Crippen LogP contribution in [0.4, 0.5) is 0 Å². The zero-order valence-electron chi connectivity index (χ0n) is 17.9. The lowest BCUT2D eigenvalue weighted by Gasteiger charge is -2.45. The number of aliphatic hydroxyl groups excluding tert-OH is 1. The SMILES string of the molecule is C=CCCC[C@@H](O)C[C@H](C)O[Si](c1ccccc1)(c1ccccc1)C(C)(C)C. The normalized spacial score (nSPS) is 14.5. The standard InChI is InChI=1S/C25H36O2Si/c1-6-7-10-15-22(26)20-21(2)27-28(25(3,4)5,23-16-11-8-12-17-23)24-18-13-9-14-19-24/h6,8-9,11-14,16-19,21-22,26H,1,7,10,15,20H2,2-5H3/t21-,22+/m0/s1. The minimum absolute atomic E-state index is 0.0231. The lowest BCUT2D eigenvalue weighted by Crippen LogP contribution is -2.67. The van der Waals surface area contributed by atoms with Gasteiger partial charge in [-0.1, -0.05) is 87.5 Å². The van der Waals surface area contributed by atoms with Gasteiger partial charge in [-0.15, -0.1) is 6.58 Å². The predicted molar refractivity (Wildman–Crippen MR) is 123 cm³/mol. The molecule has 0 aromatic heterocycles. The quantitative estimate of drug-likeness (QED) is 0.346. The van der Waals surface area contributed by atoms with Crippen molar-refractivity contribution >= 4 is 18.7 Å². The molecule has 0 spiro atoms. The van der Waals surface area contributed by atoms with E-state index in [1.54, 1.807) is 0 Å². The van der Waals surface area contributed by atoms with E-state index >= 15 is 0 Å². The van der Waals surface area contributed by atoms with E-state index < -0.39 is 8.32 Å². The number of hydrogen-bond donors (Lipinski definition) is 1. The molecule has 2 aromatic carbocycles. The summed E-state index contributed by atoms with van der Waals surface area (Å²) >= 11 is 0. The Morgan fingerprint density at radius 1 is 1.00 bits per heavy atom. The molecule has 2 rings (SSSR count). The third kappa shape index (κ3) is 5.44. The van der Waals surface area contributed by atoms with Gasteiger partial charge in [-0.05, 0) is 48.0 Å². The summed E-state index contributed by atoms with van der Waals surface area (Å²) in [6.45, 7) is 12.7. The van der Waals surface area contributed by atoms with Crippen molar-refractivity contribution in [3.63, 3.8) is 0 Å². The maximum atomic E-state index is 10.5. The zero-order chi connectivity index (χ0) is 20.6. The smallest absolute Gasteiger partial charge is 0.261 e. The van der Waals surface area contributed by atoms with E-state index in [9.17, 15) is 5.11 Å². The summed E-state index contributed by atoms with van der Waals surface area (Å²) in [5, 5.41) is 13.0. The Bertz CT molecular complexity index is 667. The molecule has 152 valence electrons. The number of benzene rings is 2. The second kappa shape index (κ2) is 10.2. The third-order valence-electron chi connectivity index (χ3n) is 5.34. The Morgan fingerprint density at radius 2 is 1.50 bits per heavy atom. The van der Waals surface area contributed by atoms with Gasteiger partial charge >= 0.3 is 0 Å². The van der Waals surface area contributed by atoms with Gasteiger partial charge in [0.1, 0.15) is 0 Å². The number of allylic oxidation sites excluding steroid dienone is 1. The van der Waals surface area contributed by atoms with Gasteiger partial charge in [-0.2, -0.15) is 0 Å². The van der Waals surface area contributed by atoms with Gasteiger partial charge in [0.2, 0.25) is 0 Å². The number of unbranched alkanes of at least 4 members (excludes halogenated alkanes) is 1. The van der Waals surface area contributed by atoms with Crippen molar-refractivity contribution in [1.29, 1.82) is 0 Å². The minimum Gasteiger partial charge on any atom is -0.405 e. The van der Waals surface area contributed by atoms with Crippen LogP contribution in [0.3, 0.4) is 0 Å². The molecule has 0 heterocycles. The molecule has 0 aliphatic heterocycles. The Morgan fingerprint density at radius 3 is 1.93 bits per heavy atom. The predicted octanol–water partition coefficient (Wildman–Crippen LogP) is 5.06. The molecule has 2 nitrogen and oxygen atoms in total. The second-order valence-electron chi connectivity index (χ2n) is 8.70. The van der Waals surface area contributed by atoms with Gasteiger partial charge in [0.25, 0.3) is 8.32 Å². The van der Waals surface area contributed by atoms with Crippen LogP contribution in [0.25, 0.3) is 0 Å². The maximum absolute atomic E-state index is 10.5. The first-order valence-corrected chi connectivity index (χ1v) is 12.3. The highest BCUT2D eigenvalue weighted by atomic mass is 28.4. The van der Waals surface area contributed by atoms with Gasteiger partial charge in [-0.25, -0.2) is 0 Å². The molecule has 28 heavy (non-hydrogen) atoms. The zero-order valence-corrected chi connectivity index (χ0v) is 18.9. The van der Waals surface area contributed by atoms with Crippen molar-refractivity contribution in [3.05, 3.63) is 73.3 Å². The van der Waals surface area contributed by atoms with Crippen molar-refractivity contribution in [1.82, 2.24) is 0 Å². The molecule has 0 radical (unpaired) electrons. The molecule has 0 fully saturated rings. The molecule has 2 atom stereocenters. The Balaban J connectivity index is 2.37. The molecule has 0 aliphatic carbocycles. The summed E-state index contributed by atoms with van der Waals surface area (Å²) in [6.07, 6.45) is 4.91. The maximum Gasteiger partial charge on any atom is 0.261 e. The fourth-order valence-corrected chi connectivity index (χ4v) is 8.75. The molecule has 0 saturated heterocycles. The average Bonchev–Trinajstić information content (AvgIpc) is 2.66. The molecule has 1 N–H and O–H groups in total. The van der Waals surface area contributed by atoms with Crippen molar-refractivity contribution < 1.29 is 9.53 Å². The number of rotatable bonds is 10. The first kappa shape index (κ1) is 22.6. The van der Waals surface area contributed by atoms with E-state index in [0.29, 0.717) is 6.42 Å². The van der Waals surface area contributed by atoms with Gasteiger partial charge in [-0.3, -0.25) is 0 Å². The topological polar surface area (TPSA) is 29.5 Å². The van der Waals surface area contributed by atoms with Crippen molar-refractivity contribution in [2.24, 2.45) is 0 Å². The van der Waals surface area contributed by atoms with Crippen LogP contribution in [-0.2, 0) is 4.43 Å². The molecule has 0 amide bonds. The van der Waals surface area contributed by atoms with E-state index in [2.05, 4.69) is 94.9 Å². The van der Waals surface area contributed by atoms with Crippen LogP contribution in [-0.4, -0.2) is 25.6 Å². The van der Waals surface area contributed by atoms with Gasteiger partial charge in [0.05, 0.1) is 6.10 Å². The fourth-order valence-electron chi connectivity index (χ4n) is 4.04. The summed E-state index contributed by atoms with van der Waals surface area (Å²) in [5.41, 5.74) is 0. The highest BCUT2D eigenvalue weighted by Gasteiger charge is 2.51. The highest BCUT2D eigenvalue weighted by molar-refractivity contribution is 6.99. The van der Waals surface area contributed by atoms with E-state index in [0.717, 1.165) is 19.3 Å². The van der Waals surface area contributed by atoms with Crippen LogP contribution in [0.15, 0.2) is 73.3 Å². The third-order valence-corrected chi connectivity index (χ3v) is 10.5. The molecule has 0 unspecified atom stereocenters. The second-order valence-corrected chi connectivity index (χ2v) is 13.0. The van der Waals surface area contributed by atoms with Crippen LogP contribution < -0.4 is 10.4 Å². The molecule has 0 aliphatic rings. The molecule has 0 saturated carbocycles. The summed E-state index contributed by atoms with van der Waals surface area (Å²) < 4.78 is 7.01. The van der Waals surface area contributed by atoms with Gasteiger partial charge < -0.3 is 9.53 Å². The Hall–Kier alpha value is -1.68. The largest absolute Gasteiger partial charge is 0.405 e. The van der Waals surface area contributed by atoms with E-state index in [1.165, 1.54) is 10.4 Å². The monoisotopic (exact) mass is 396 g/mol. The lowest BCUT2D eigenvalue weighted by molar-refractivity contribution is 0.0908. The van der Waals surface area contributed by atoms with Crippen LogP contribution >= 0.6 is 0 Å². The van der Waals surface area contributed by atoms with Gasteiger partial charge in [0.15, 0.2) is 0 Å².